The van der Waals surface area contributed by atoms with E-state index in [-0.39, 0.29) is 0 Å². The monoisotopic (exact) mass is 313 g/mol. The van der Waals surface area contributed by atoms with Crippen molar-refractivity contribution in [3.05, 3.63) is 52.2 Å². The van der Waals surface area contributed by atoms with Crippen LogP contribution in [0.2, 0.25) is 0 Å². The summed E-state index contributed by atoms with van der Waals surface area (Å²) in [5.74, 6) is -0.228. The van der Waals surface area contributed by atoms with E-state index in [1.807, 2.05) is 24.3 Å². The van der Waals surface area contributed by atoms with Crippen LogP contribution in [0.3, 0.4) is 0 Å². The van der Waals surface area contributed by atoms with Crippen LogP contribution in [-0.2, 0) is 11.1 Å². The highest BCUT2D eigenvalue weighted by atomic mass is 32.1. The van der Waals surface area contributed by atoms with Crippen molar-refractivity contribution in [1.29, 1.82) is 0 Å². The fraction of sp³-hybridized carbons (Fsp3) is 0.231. The first-order chi connectivity index (χ1) is 9.50. The van der Waals surface area contributed by atoms with E-state index in [9.17, 15) is 14.4 Å². The Bertz CT molecular complexity index is 579. The molecule has 1 aromatic carbocycles. The van der Waals surface area contributed by atoms with Crippen molar-refractivity contribution in [2.75, 3.05) is 7.11 Å². The molecule has 0 saturated heterocycles. The molecule has 3 N–H and O–H groups in total. The van der Waals surface area contributed by atoms with E-state index in [2.05, 4.69) is 5.32 Å². The molecule has 20 heavy (non-hydrogen) atoms. The molecule has 0 bridgehead atoms. The molecule has 0 fully saturated rings. The standard InChI is InChI=1S/C13H16NO4PS/c1-18-12-4-2-10(3-5-12)8-14-13(19(15,16)17)11-6-7-20-9-11/h2-7,9,13-14H,8H2,1H3,(H2,15,16,17). The van der Waals surface area contributed by atoms with Gasteiger partial charge in [-0.05, 0) is 40.1 Å². The van der Waals surface area contributed by atoms with E-state index < -0.39 is 13.4 Å². The zero-order chi connectivity index (χ0) is 14.6. The first kappa shape index (κ1) is 15.2. The number of rotatable bonds is 6. The van der Waals surface area contributed by atoms with Crippen molar-refractivity contribution in [3.63, 3.8) is 0 Å². The molecule has 1 unspecified atom stereocenters. The highest BCUT2D eigenvalue weighted by Gasteiger charge is 2.30. The van der Waals surface area contributed by atoms with Gasteiger partial charge in [0.2, 0.25) is 0 Å². The fourth-order valence-corrected chi connectivity index (χ4v) is 3.48. The molecular weight excluding hydrogens is 297 g/mol. The first-order valence-electron chi connectivity index (χ1n) is 5.94. The van der Waals surface area contributed by atoms with Gasteiger partial charge in [-0.15, -0.1) is 0 Å². The van der Waals surface area contributed by atoms with Gasteiger partial charge in [0, 0.05) is 6.54 Å². The third-order valence-corrected chi connectivity index (χ3v) is 4.71. The Morgan fingerprint density at radius 1 is 1.30 bits per heavy atom. The lowest BCUT2D eigenvalue weighted by atomic mass is 10.2. The van der Waals surface area contributed by atoms with E-state index in [1.165, 1.54) is 11.3 Å². The number of methoxy groups -OCH3 is 1. The molecule has 5 nitrogen and oxygen atoms in total. The molecule has 0 aliphatic rings. The van der Waals surface area contributed by atoms with Crippen LogP contribution in [0.1, 0.15) is 16.9 Å². The lowest BCUT2D eigenvalue weighted by Crippen LogP contribution is -2.20. The largest absolute Gasteiger partial charge is 0.497 e. The number of benzene rings is 1. The molecule has 2 aromatic rings. The van der Waals surface area contributed by atoms with Gasteiger partial charge in [-0.25, -0.2) is 0 Å². The summed E-state index contributed by atoms with van der Waals surface area (Å²) in [5, 5.41) is 6.46. The smallest absolute Gasteiger partial charge is 0.346 e. The average Bonchev–Trinajstić information content (AvgIpc) is 2.92. The van der Waals surface area contributed by atoms with E-state index >= 15 is 0 Å². The summed E-state index contributed by atoms with van der Waals surface area (Å²) in [6.45, 7) is 0.371. The molecule has 1 atom stereocenters. The third kappa shape index (κ3) is 3.91. The van der Waals surface area contributed by atoms with Crippen LogP contribution in [0.4, 0.5) is 0 Å². The van der Waals surface area contributed by atoms with Crippen molar-refractivity contribution in [1.82, 2.24) is 5.32 Å². The number of ether oxygens (including phenoxy) is 1. The second-order valence-electron chi connectivity index (χ2n) is 4.28. The highest BCUT2D eigenvalue weighted by molar-refractivity contribution is 7.52. The summed E-state index contributed by atoms with van der Waals surface area (Å²) in [4.78, 5) is 18.9. The maximum Gasteiger partial charge on any atom is 0.346 e. The molecule has 0 spiro atoms. The summed E-state index contributed by atoms with van der Waals surface area (Å²) in [5.41, 5.74) is 1.54. The van der Waals surface area contributed by atoms with E-state index in [0.29, 0.717) is 12.1 Å². The molecule has 0 aliphatic carbocycles. The Morgan fingerprint density at radius 3 is 2.50 bits per heavy atom. The highest BCUT2D eigenvalue weighted by Crippen LogP contribution is 2.50. The van der Waals surface area contributed by atoms with Crippen LogP contribution in [0.15, 0.2) is 41.1 Å². The lowest BCUT2D eigenvalue weighted by molar-refractivity contribution is 0.347. The van der Waals surface area contributed by atoms with Gasteiger partial charge in [0.15, 0.2) is 0 Å². The maximum atomic E-state index is 11.6. The maximum absolute atomic E-state index is 11.6. The van der Waals surface area contributed by atoms with Gasteiger partial charge in [-0.3, -0.25) is 9.88 Å². The Kier molecular flexibility index (Phi) is 4.96. The predicted octanol–water partition coefficient (Wildman–Crippen LogP) is 2.72. The lowest BCUT2D eigenvalue weighted by Gasteiger charge is -2.19. The number of nitrogens with one attached hydrogen (secondary N) is 1. The van der Waals surface area contributed by atoms with Crippen LogP contribution in [0.25, 0.3) is 0 Å². The van der Waals surface area contributed by atoms with Crippen molar-refractivity contribution in [3.8, 4) is 5.75 Å². The minimum absolute atomic E-state index is 0.371. The van der Waals surface area contributed by atoms with Gasteiger partial charge in [0.25, 0.3) is 0 Å². The first-order valence-corrected chi connectivity index (χ1v) is 8.57. The molecule has 108 valence electrons. The molecule has 1 aromatic heterocycles. The van der Waals surface area contributed by atoms with E-state index in [0.717, 1.165) is 11.3 Å². The third-order valence-electron chi connectivity index (χ3n) is 2.85. The Hall–Kier alpha value is -1.17. The van der Waals surface area contributed by atoms with Crippen molar-refractivity contribution >= 4 is 18.9 Å². The van der Waals surface area contributed by atoms with Crippen molar-refractivity contribution < 1.29 is 19.1 Å². The van der Waals surface area contributed by atoms with Gasteiger partial charge in [-0.1, -0.05) is 12.1 Å². The van der Waals surface area contributed by atoms with Crippen LogP contribution < -0.4 is 10.1 Å². The second kappa shape index (κ2) is 6.52. The SMILES string of the molecule is COc1ccc(CNC(c2ccsc2)P(=O)(O)O)cc1. The molecule has 0 aliphatic heterocycles. The number of hydrogen-bond acceptors (Lipinski definition) is 4. The van der Waals surface area contributed by atoms with Crippen molar-refractivity contribution in [2.24, 2.45) is 0 Å². The molecule has 2 rings (SSSR count). The summed E-state index contributed by atoms with van der Waals surface area (Å²) >= 11 is 1.41. The Labute approximate surface area is 121 Å². The van der Waals surface area contributed by atoms with Gasteiger partial charge in [-0.2, -0.15) is 11.3 Å². The van der Waals surface area contributed by atoms with E-state index in [4.69, 9.17) is 4.74 Å². The average molecular weight is 313 g/mol. The Balaban J connectivity index is 2.07. The normalized spacial score (nSPS) is 13.2. The van der Waals surface area contributed by atoms with Gasteiger partial charge < -0.3 is 14.5 Å². The summed E-state index contributed by atoms with van der Waals surface area (Å²) in [6.07, 6.45) is 0. The number of hydrogen-bond donors (Lipinski definition) is 3. The molecule has 0 saturated carbocycles. The van der Waals surface area contributed by atoms with Gasteiger partial charge >= 0.3 is 7.60 Å². The van der Waals surface area contributed by atoms with Crippen LogP contribution in [0, 0.1) is 0 Å². The van der Waals surface area contributed by atoms with Crippen LogP contribution in [0.5, 0.6) is 5.75 Å². The zero-order valence-electron chi connectivity index (χ0n) is 10.9. The molecule has 0 amide bonds. The zero-order valence-corrected chi connectivity index (χ0v) is 12.6. The Morgan fingerprint density at radius 2 is 2.00 bits per heavy atom. The fourth-order valence-electron chi connectivity index (χ4n) is 1.82. The topological polar surface area (TPSA) is 78.8 Å². The molecule has 7 heteroatoms. The minimum Gasteiger partial charge on any atom is -0.497 e. The summed E-state index contributed by atoms with van der Waals surface area (Å²) in [7, 11) is -2.66. The molecule has 0 radical (unpaired) electrons. The molecular formula is C13H16NO4PS. The van der Waals surface area contributed by atoms with Crippen LogP contribution >= 0.6 is 18.9 Å². The predicted molar refractivity (Wildman–Crippen MR) is 78.9 cm³/mol. The van der Waals surface area contributed by atoms with Gasteiger partial charge in [0.05, 0.1) is 7.11 Å². The second-order valence-corrected chi connectivity index (χ2v) is 6.75. The summed E-state index contributed by atoms with van der Waals surface area (Å²) in [6, 6.07) is 9.06. The minimum atomic E-state index is -4.25. The molecule has 1 heterocycles. The number of thiophene rings is 1. The van der Waals surface area contributed by atoms with Gasteiger partial charge in [0.1, 0.15) is 11.5 Å². The summed E-state index contributed by atoms with van der Waals surface area (Å²) < 4.78 is 16.6. The quantitative estimate of drug-likeness (QED) is 0.715. The van der Waals surface area contributed by atoms with E-state index in [1.54, 1.807) is 23.9 Å². The van der Waals surface area contributed by atoms with Crippen molar-refractivity contribution in [2.45, 2.75) is 12.3 Å². The van der Waals surface area contributed by atoms with Crippen LogP contribution in [-0.4, -0.2) is 16.9 Å².